The highest BCUT2D eigenvalue weighted by atomic mass is 16.2. The number of benzene rings is 1. The predicted octanol–water partition coefficient (Wildman–Crippen LogP) is 2.38. The first-order valence-corrected chi connectivity index (χ1v) is 8.77. The summed E-state index contributed by atoms with van der Waals surface area (Å²) in [5.74, 6) is 1.09. The highest BCUT2D eigenvalue weighted by Gasteiger charge is 2.26. The molecule has 0 radical (unpaired) electrons. The van der Waals surface area contributed by atoms with E-state index < -0.39 is 0 Å². The van der Waals surface area contributed by atoms with Crippen LogP contribution in [0.4, 0.5) is 0 Å². The molecule has 1 fully saturated rings. The van der Waals surface area contributed by atoms with Crippen LogP contribution in [-0.2, 0) is 11.3 Å². The first kappa shape index (κ1) is 15.9. The molecule has 3 heterocycles. The summed E-state index contributed by atoms with van der Waals surface area (Å²) < 4.78 is 1.83. The minimum Gasteiger partial charge on any atom is -0.341 e. The first-order chi connectivity index (χ1) is 12.0. The Hall–Kier alpha value is -2.63. The van der Waals surface area contributed by atoms with Gasteiger partial charge in [-0.05, 0) is 24.3 Å². The van der Waals surface area contributed by atoms with Gasteiger partial charge in [-0.1, -0.05) is 32.0 Å². The maximum atomic E-state index is 12.9. The number of hydrogen-bond donors (Lipinski definition) is 1. The third-order valence-electron chi connectivity index (χ3n) is 5.10. The lowest BCUT2D eigenvalue weighted by Crippen LogP contribution is -2.44. The maximum Gasteiger partial charge on any atom is 0.288 e. The van der Waals surface area contributed by atoms with Crippen LogP contribution in [0.15, 0.2) is 35.3 Å². The van der Waals surface area contributed by atoms with Gasteiger partial charge in [-0.3, -0.25) is 9.59 Å². The molecular formula is C19H22N4O2. The molecule has 2 atom stereocenters. The average molecular weight is 338 g/mol. The van der Waals surface area contributed by atoms with E-state index in [-0.39, 0.29) is 18.0 Å². The van der Waals surface area contributed by atoms with Gasteiger partial charge in [-0.2, -0.15) is 5.10 Å². The number of aromatic nitrogens is 3. The van der Waals surface area contributed by atoms with Crippen molar-refractivity contribution in [2.75, 3.05) is 13.1 Å². The molecule has 25 heavy (non-hydrogen) atoms. The van der Waals surface area contributed by atoms with E-state index in [0.717, 1.165) is 35.8 Å². The van der Waals surface area contributed by atoms with Crippen LogP contribution in [0.1, 0.15) is 20.3 Å². The van der Waals surface area contributed by atoms with E-state index in [2.05, 4.69) is 24.0 Å². The highest BCUT2D eigenvalue weighted by Crippen LogP contribution is 2.27. The van der Waals surface area contributed by atoms with Gasteiger partial charge in [0.25, 0.3) is 5.56 Å². The number of carbonyl (C=O) groups is 1. The lowest BCUT2D eigenvalue weighted by Gasteiger charge is -2.35. The fraction of sp³-hybridized carbons (Fsp3) is 0.421. The Morgan fingerprint density at radius 3 is 2.68 bits per heavy atom. The van der Waals surface area contributed by atoms with Gasteiger partial charge in [0.15, 0.2) is 0 Å². The van der Waals surface area contributed by atoms with Crippen LogP contribution in [0.25, 0.3) is 21.8 Å². The van der Waals surface area contributed by atoms with E-state index in [1.54, 1.807) is 6.20 Å². The molecule has 1 N–H and O–H groups in total. The van der Waals surface area contributed by atoms with Gasteiger partial charge >= 0.3 is 0 Å². The minimum absolute atomic E-state index is 0.0669. The quantitative estimate of drug-likeness (QED) is 0.780. The summed E-state index contributed by atoms with van der Waals surface area (Å²) in [4.78, 5) is 27.2. The molecule has 130 valence electrons. The second kappa shape index (κ2) is 6.02. The Morgan fingerprint density at radius 2 is 1.92 bits per heavy atom. The summed E-state index contributed by atoms with van der Waals surface area (Å²) >= 11 is 0. The second-order valence-electron chi connectivity index (χ2n) is 7.31. The van der Waals surface area contributed by atoms with Crippen LogP contribution in [0.3, 0.4) is 0 Å². The number of nitrogens with zero attached hydrogens (tertiary/aromatic N) is 3. The predicted molar refractivity (Wildman–Crippen MR) is 97.4 cm³/mol. The smallest absolute Gasteiger partial charge is 0.288 e. The fourth-order valence-electron chi connectivity index (χ4n) is 4.18. The van der Waals surface area contributed by atoms with Gasteiger partial charge in [-0.15, -0.1) is 0 Å². The van der Waals surface area contributed by atoms with Gasteiger partial charge < -0.3 is 9.47 Å². The van der Waals surface area contributed by atoms with Crippen molar-refractivity contribution in [3.05, 3.63) is 40.8 Å². The zero-order valence-corrected chi connectivity index (χ0v) is 14.5. The molecule has 3 aromatic rings. The van der Waals surface area contributed by atoms with Crippen LogP contribution in [0.2, 0.25) is 0 Å². The summed E-state index contributed by atoms with van der Waals surface area (Å²) in [7, 11) is 0. The number of amides is 1. The molecule has 6 nitrogen and oxygen atoms in total. The number of piperidine rings is 1. The Bertz CT molecular complexity index is 993. The van der Waals surface area contributed by atoms with Crippen molar-refractivity contribution in [2.45, 2.75) is 26.8 Å². The average Bonchev–Trinajstić information content (AvgIpc) is 2.90. The third kappa shape index (κ3) is 2.71. The van der Waals surface area contributed by atoms with Crippen molar-refractivity contribution in [1.29, 1.82) is 0 Å². The van der Waals surface area contributed by atoms with Crippen molar-refractivity contribution in [3.63, 3.8) is 0 Å². The SMILES string of the molecule is CC1CC(C)CN(C(=O)Cn2c3ccccc3c3cn[nH]c(=O)c32)C1. The molecule has 4 rings (SSSR count). The monoisotopic (exact) mass is 338 g/mol. The molecule has 2 unspecified atom stereocenters. The molecular weight excluding hydrogens is 316 g/mol. The zero-order valence-electron chi connectivity index (χ0n) is 14.5. The third-order valence-corrected chi connectivity index (χ3v) is 5.10. The Kier molecular flexibility index (Phi) is 3.82. The topological polar surface area (TPSA) is 71.0 Å². The Balaban J connectivity index is 1.78. The summed E-state index contributed by atoms with van der Waals surface area (Å²) in [5, 5.41) is 8.14. The van der Waals surface area contributed by atoms with Gasteiger partial charge in [-0.25, -0.2) is 5.10 Å². The van der Waals surface area contributed by atoms with E-state index >= 15 is 0 Å². The number of likely N-dealkylation sites (tertiary alicyclic amines) is 1. The Morgan fingerprint density at radius 1 is 1.20 bits per heavy atom. The largest absolute Gasteiger partial charge is 0.341 e. The van der Waals surface area contributed by atoms with Crippen LogP contribution in [0.5, 0.6) is 0 Å². The standard InChI is InChI=1S/C19H22N4O2/c1-12-7-13(2)10-22(9-12)17(24)11-23-16-6-4-3-5-14(16)15-8-20-21-19(25)18(15)23/h3-6,8,12-13H,7,9-11H2,1-2H3,(H,21,25). The number of aromatic amines is 1. The lowest BCUT2D eigenvalue weighted by molar-refractivity contribution is -0.134. The molecule has 1 saturated heterocycles. The number of nitrogens with one attached hydrogen (secondary N) is 1. The fourth-order valence-corrected chi connectivity index (χ4v) is 4.18. The van der Waals surface area contributed by atoms with Gasteiger partial charge in [0.1, 0.15) is 12.1 Å². The second-order valence-corrected chi connectivity index (χ2v) is 7.31. The number of carbonyl (C=O) groups excluding carboxylic acids is 1. The molecule has 1 aromatic carbocycles. The molecule has 6 heteroatoms. The number of para-hydroxylation sites is 1. The van der Waals surface area contributed by atoms with Gasteiger partial charge in [0.2, 0.25) is 5.91 Å². The van der Waals surface area contributed by atoms with Crippen molar-refractivity contribution in [3.8, 4) is 0 Å². The number of hydrogen-bond acceptors (Lipinski definition) is 3. The summed E-state index contributed by atoms with van der Waals surface area (Å²) in [5.41, 5.74) is 1.15. The van der Waals surface area contributed by atoms with E-state index in [1.807, 2.05) is 33.7 Å². The number of H-pyrrole nitrogens is 1. The van der Waals surface area contributed by atoms with Crippen molar-refractivity contribution >= 4 is 27.7 Å². The van der Waals surface area contributed by atoms with E-state index in [0.29, 0.717) is 17.4 Å². The molecule has 2 aromatic heterocycles. The van der Waals surface area contributed by atoms with Crippen LogP contribution in [-0.4, -0.2) is 38.7 Å². The van der Waals surface area contributed by atoms with Crippen LogP contribution < -0.4 is 5.56 Å². The van der Waals surface area contributed by atoms with E-state index in [1.165, 1.54) is 0 Å². The minimum atomic E-state index is -0.262. The number of rotatable bonds is 2. The van der Waals surface area contributed by atoms with Crippen LogP contribution in [0, 0.1) is 11.8 Å². The first-order valence-electron chi connectivity index (χ1n) is 8.77. The van der Waals surface area contributed by atoms with Crippen molar-refractivity contribution < 1.29 is 4.79 Å². The molecule has 0 saturated carbocycles. The van der Waals surface area contributed by atoms with Crippen LogP contribution >= 0.6 is 0 Å². The van der Waals surface area contributed by atoms with Gasteiger partial charge in [0, 0.05) is 29.4 Å². The lowest BCUT2D eigenvalue weighted by atomic mass is 9.92. The zero-order chi connectivity index (χ0) is 17.6. The van der Waals surface area contributed by atoms with Crippen molar-refractivity contribution in [1.82, 2.24) is 19.7 Å². The van der Waals surface area contributed by atoms with Crippen molar-refractivity contribution in [2.24, 2.45) is 11.8 Å². The Labute approximate surface area is 145 Å². The molecule has 0 spiro atoms. The molecule has 0 aliphatic carbocycles. The number of fused-ring (bicyclic) bond motifs is 3. The van der Waals surface area contributed by atoms with E-state index in [9.17, 15) is 9.59 Å². The highest BCUT2D eigenvalue weighted by molar-refractivity contribution is 6.07. The molecule has 1 aliphatic heterocycles. The summed E-state index contributed by atoms with van der Waals surface area (Å²) in [6, 6.07) is 7.77. The van der Waals surface area contributed by atoms with Gasteiger partial charge in [0.05, 0.1) is 6.20 Å². The molecule has 0 bridgehead atoms. The van der Waals surface area contributed by atoms with E-state index in [4.69, 9.17) is 0 Å². The summed E-state index contributed by atoms with van der Waals surface area (Å²) in [6.07, 6.45) is 2.82. The summed E-state index contributed by atoms with van der Waals surface area (Å²) in [6.45, 7) is 6.13. The molecule has 1 aliphatic rings. The molecule has 1 amide bonds. The normalized spacial score (nSPS) is 21.1. The maximum absolute atomic E-state index is 12.9.